The van der Waals surface area contributed by atoms with Gasteiger partial charge in [0, 0.05) is 23.5 Å². The van der Waals surface area contributed by atoms with Gasteiger partial charge in [0.15, 0.2) is 0 Å². The third kappa shape index (κ3) is 3.02. The van der Waals surface area contributed by atoms with Crippen LogP contribution in [0.4, 0.5) is 13.2 Å². The molecule has 0 aliphatic heterocycles. The average Bonchev–Trinajstić information content (AvgIpc) is 2.66. The highest BCUT2D eigenvalue weighted by Crippen LogP contribution is 2.41. The van der Waals surface area contributed by atoms with Gasteiger partial charge < -0.3 is 5.11 Å². The fourth-order valence-corrected chi connectivity index (χ4v) is 3.11. The van der Waals surface area contributed by atoms with E-state index >= 15 is 0 Å². The summed E-state index contributed by atoms with van der Waals surface area (Å²) >= 11 is 12.5. The number of aromatic nitrogens is 1. The van der Waals surface area contributed by atoms with Crippen molar-refractivity contribution in [2.75, 3.05) is 0 Å². The molecule has 0 saturated carbocycles. The van der Waals surface area contributed by atoms with Crippen molar-refractivity contribution >= 4 is 34.5 Å². The Morgan fingerprint density at radius 2 is 1.95 bits per heavy atom. The first-order valence-corrected chi connectivity index (χ1v) is 6.52. The first-order valence-electron chi connectivity index (χ1n) is 4.94. The molecular formula is C11H6Cl2F3NOS. The van der Waals surface area contributed by atoms with E-state index in [-0.39, 0.29) is 19.8 Å². The highest BCUT2D eigenvalue weighted by molar-refractivity contribution is 7.20. The molecule has 0 fully saturated rings. The largest absolute Gasteiger partial charge is 0.416 e. The Kier molecular flexibility index (Phi) is 4.06. The molecule has 1 N–H and O–H groups in total. The van der Waals surface area contributed by atoms with Crippen LogP contribution in [-0.4, -0.2) is 10.1 Å². The Balaban J connectivity index is 2.50. The molecule has 8 heteroatoms. The van der Waals surface area contributed by atoms with E-state index in [1.54, 1.807) is 0 Å². The van der Waals surface area contributed by atoms with Crippen molar-refractivity contribution in [3.8, 4) is 0 Å². The van der Waals surface area contributed by atoms with Gasteiger partial charge in [-0.1, -0.05) is 23.2 Å². The topological polar surface area (TPSA) is 33.1 Å². The molecule has 0 aliphatic carbocycles. The first-order chi connectivity index (χ1) is 8.80. The van der Waals surface area contributed by atoms with Gasteiger partial charge >= 0.3 is 6.18 Å². The van der Waals surface area contributed by atoms with Crippen LogP contribution in [0.1, 0.15) is 22.8 Å². The van der Waals surface area contributed by atoms with Crippen molar-refractivity contribution in [3.63, 3.8) is 0 Å². The molecule has 0 amide bonds. The molecule has 102 valence electrons. The van der Waals surface area contributed by atoms with Gasteiger partial charge in [-0.05, 0) is 12.1 Å². The van der Waals surface area contributed by atoms with Crippen LogP contribution in [0.5, 0.6) is 0 Å². The van der Waals surface area contributed by atoms with E-state index in [1.807, 2.05) is 0 Å². The maximum Gasteiger partial charge on any atom is 0.416 e. The lowest BCUT2D eigenvalue weighted by Gasteiger charge is -2.16. The minimum Gasteiger partial charge on any atom is -0.383 e. The van der Waals surface area contributed by atoms with Crippen LogP contribution < -0.4 is 0 Å². The number of halogens is 5. The highest BCUT2D eigenvalue weighted by Gasteiger charge is 2.35. The van der Waals surface area contributed by atoms with Crippen LogP contribution in [0.25, 0.3) is 0 Å². The summed E-state index contributed by atoms with van der Waals surface area (Å²) in [5.74, 6) is 0. The van der Waals surface area contributed by atoms with Gasteiger partial charge in [0.2, 0.25) is 0 Å². The van der Waals surface area contributed by atoms with Crippen molar-refractivity contribution in [1.29, 1.82) is 0 Å². The number of hydrogen-bond donors (Lipinski definition) is 1. The molecular weight excluding hydrogens is 322 g/mol. The fraction of sp³-hybridized carbons (Fsp3) is 0.182. The molecule has 0 spiro atoms. The summed E-state index contributed by atoms with van der Waals surface area (Å²) in [6, 6.07) is 2.15. The molecule has 0 radical (unpaired) electrons. The van der Waals surface area contributed by atoms with E-state index in [9.17, 15) is 18.3 Å². The van der Waals surface area contributed by atoms with Crippen LogP contribution in [0.2, 0.25) is 8.67 Å². The van der Waals surface area contributed by atoms with E-state index in [4.69, 9.17) is 23.2 Å². The van der Waals surface area contributed by atoms with Crippen molar-refractivity contribution in [3.05, 3.63) is 49.9 Å². The number of pyridine rings is 1. The van der Waals surface area contributed by atoms with Gasteiger partial charge in [-0.25, -0.2) is 0 Å². The van der Waals surface area contributed by atoms with E-state index in [0.717, 1.165) is 29.8 Å². The van der Waals surface area contributed by atoms with Crippen molar-refractivity contribution in [2.24, 2.45) is 0 Å². The number of aliphatic hydroxyl groups is 1. The molecule has 0 bridgehead atoms. The molecule has 2 aromatic heterocycles. The average molecular weight is 328 g/mol. The number of thiophene rings is 1. The summed E-state index contributed by atoms with van der Waals surface area (Å²) in [4.78, 5) is 3.61. The SMILES string of the molecule is OC(c1cnccc1C(F)(F)F)c1cc(Cl)sc1Cl. The minimum atomic E-state index is -4.58. The number of nitrogens with zero attached hydrogens (tertiary/aromatic N) is 1. The summed E-state index contributed by atoms with van der Waals surface area (Å²) in [6.07, 6.45) is -4.12. The second-order valence-electron chi connectivity index (χ2n) is 3.64. The Morgan fingerprint density at radius 3 is 2.47 bits per heavy atom. The minimum absolute atomic E-state index is 0.134. The normalized spacial score (nSPS) is 13.6. The Hall–Kier alpha value is -0.820. The van der Waals surface area contributed by atoms with Crippen molar-refractivity contribution < 1.29 is 18.3 Å². The van der Waals surface area contributed by atoms with Gasteiger partial charge in [-0.15, -0.1) is 11.3 Å². The smallest absolute Gasteiger partial charge is 0.383 e. The quantitative estimate of drug-likeness (QED) is 0.877. The second kappa shape index (κ2) is 5.28. The van der Waals surface area contributed by atoms with E-state index in [2.05, 4.69) is 4.98 Å². The van der Waals surface area contributed by atoms with Gasteiger partial charge in [0.25, 0.3) is 0 Å². The van der Waals surface area contributed by atoms with E-state index in [0.29, 0.717) is 0 Å². The standard InChI is InChI=1S/C11H6Cl2F3NOS/c12-8-3-5(10(13)19-8)9(18)6-4-17-2-1-7(6)11(14,15)16/h1-4,9,18H. The summed E-state index contributed by atoms with van der Waals surface area (Å²) < 4.78 is 38.9. The van der Waals surface area contributed by atoms with Gasteiger partial charge in [-0.3, -0.25) is 4.98 Å². The highest BCUT2D eigenvalue weighted by atomic mass is 35.5. The molecule has 2 aromatic rings. The zero-order chi connectivity index (χ0) is 14.2. The van der Waals surface area contributed by atoms with Crippen LogP contribution in [0.3, 0.4) is 0 Å². The Bertz CT molecular complexity index is 600. The molecule has 19 heavy (non-hydrogen) atoms. The molecule has 0 aliphatic rings. The number of alkyl halides is 3. The number of hydrogen-bond acceptors (Lipinski definition) is 3. The lowest BCUT2D eigenvalue weighted by molar-refractivity contribution is -0.139. The van der Waals surface area contributed by atoms with Crippen LogP contribution >= 0.6 is 34.5 Å². The fourth-order valence-electron chi connectivity index (χ4n) is 1.59. The zero-order valence-corrected chi connectivity index (χ0v) is 11.4. The molecule has 0 saturated heterocycles. The van der Waals surface area contributed by atoms with Gasteiger partial charge in [0.05, 0.1) is 9.90 Å². The predicted octanol–water partition coefficient (Wildman–Crippen LogP) is 4.55. The predicted molar refractivity (Wildman–Crippen MR) is 67.6 cm³/mol. The van der Waals surface area contributed by atoms with Crippen LogP contribution in [-0.2, 0) is 6.18 Å². The molecule has 1 unspecified atom stereocenters. The summed E-state index contributed by atoms with van der Waals surface area (Å²) in [5, 5.41) is 10.1. The molecule has 0 aromatic carbocycles. The summed E-state index contributed by atoms with van der Waals surface area (Å²) in [6.45, 7) is 0. The van der Waals surface area contributed by atoms with Gasteiger partial charge in [0.1, 0.15) is 10.4 Å². The Labute approximate surface area is 120 Å². The van der Waals surface area contributed by atoms with E-state index in [1.165, 1.54) is 6.07 Å². The third-order valence-corrected chi connectivity index (χ3v) is 3.95. The molecule has 2 nitrogen and oxygen atoms in total. The second-order valence-corrected chi connectivity index (χ2v) is 5.93. The molecule has 1 atom stereocenters. The van der Waals surface area contributed by atoms with E-state index < -0.39 is 17.8 Å². The summed E-state index contributed by atoms with van der Waals surface area (Å²) in [7, 11) is 0. The van der Waals surface area contributed by atoms with Crippen molar-refractivity contribution in [2.45, 2.75) is 12.3 Å². The number of aliphatic hydroxyl groups excluding tert-OH is 1. The monoisotopic (exact) mass is 327 g/mol. The van der Waals surface area contributed by atoms with Crippen LogP contribution in [0.15, 0.2) is 24.5 Å². The third-order valence-electron chi connectivity index (χ3n) is 2.43. The van der Waals surface area contributed by atoms with Crippen LogP contribution in [0, 0.1) is 0 Å². The van der Waals surface area contributed by atoms with Gasteiger partial charge in [-0.2, -0.15) is 13.2 Å². The lowest BCUT2D eigenvalue weighted by Crippen LogP contribution is -2.13. The molecule has 2 rings (SSSR count). The van der Waals surface area contributed by atoms with Crippen molar-refractivity contribution in [1.82, 2.24) is 4.98 Å². The first kappa shape index (κ1) is 14.6. The Morgan fingerprint density at radius 1 is 1.26 bits per heavy atom. The summed E-state index contributed by atoms with van der Waals surface area (Å²) in [5.41, 5.74) is -1.17. The number of rotatable bonds is 2. The zero-order valence-electron chi connectivity index (χ0n) is 9.08. The molecule has 2 heterocycles. The maximum absolute atomic E-state index is 12.8. The maximum atomic E-state index is 12.8. The lowest BCUT2D eigenvalue weighted by atomic mass is 10.0.